The van der Waals surface area contributed by atoms with Gasteiger partial charge in [-0.15, -0.1) is 22.7 Å². The van der Waals surface area contributed by atoms with Gasteiger partial charge in [-0.2, -0.15) is 0 Å². The molecule has 96 valence electrons. The summed E-state index contributed by atoms with van der Waals surface area (Å²) in [6.45, 7) is 1.74. The number of amides is 1. The first-order valence-corrected chi connectivity index (χ1v) is 7.27. The number of rotatable bonds is 4. The molecule has 2 rings (SSSR count). The molecule has 2 heterocycles. The van der Waals surface area contributed by atoms with Crippen LogP contribution in [-0.2, 0) is 0 Å². The molecule has 18 heavy (non-hydrogen) atoms. The largest absolute Gasteiger partial charge is 0.394 e. The molecule has 1 N–H and O–H groups in total. The number of aliphatic hydroxyl groups is 1. The number of nitrogens with zero attached hydrogens (tertiary/aromatic N) is 2. The first-order valence-electron chi connectivity index (χ1n) is 5.51. The zero-order valence-electron chi connectivity index (χ0n) is 10.2. The van der Waals surface area contributed by atoms with E-state index in [1.807, 2.05) is 17.5 Å². The van der Waals surface area contributed by atoms with Gasteiger partial charge < -0.3 is 10.0 Å². The molecule has 0 bridgehead atoms. The first-order chi connectivity index (χ1) is 8.63. The van der Waals surface area contributed by atoms with Gasteiger partial charge in [0.25, 0.3) is 5.91 Å². The molecule has 1 amide bonds. The molecule has 0 fully saturated rings. The number of carbonyl (C=O) groups excluding carboxylic acids is 1. The molecular weight excluding hydrogens is 268 g/mol. The van der Waals surface area contributed by atoms with Crippen LogP contribution in [0, 0.1) is 0 Å². The summed E-state index contributed by atoms with van der Waals surface area (Å²) in [6.07, 6.45) is 0. The molecule has 0 radical (unpaired) electrons. The summed E-state index contributed by atoms with van der Waals surface area (Å²) in [6, 6.07) is 3.74. The Morgan fingerprint density at radius 2 is 2.33 bits per heavy atom. The predicted octanol–water partition coefficient (Wildman–Crippen LogP) is 2.32. The van der Waals surface area contributed by atoms with Gasteiger partial charge in [0.1, 0.15) is 10.7 Å². The number of aromatic nitrogens is 1. The number of carbonyl (C=O) groups is 1. The molecule has 0 aliphatic carbocycles. The molecule has 0 spiro atoms. The van der Waals surface area contributed by atoms with Crippen LogP contribution >= 0.6 is 22.7 Å². The van der Waals surface area contributed by atoms with Crippen LogP contribution in [0.2, 0.25) is 0 Å². The van der Waals surface area contributed by atoms with Crippen molar-refractivity contribution < 1.29 is 9.90 Å². The Hall–Kier alpha value is -1.24. The number of thiophene rings is 1. The summed E-state index contributed by atoms with van der Waals surface area (Å²) in [5, 5.41) is 13.7. The third-order valence-electron chi connectivity index (χ3n) is 2.70. The van der Waals surface area contributed by atoms with Crippen molar-refractivity contribution in [1.29, 1.82) is 0 Å². The molecule has 0 saturated carbocycles. The lowest BCUT2D eigenvalue weighted by molar-refractivity contribution is 0.0677. The third-order valence-corrected chi connectivity index (χ3v) is 4.58. The van der Waals surface area contributed by atoms with Gasteiger partial charge in [0, 0.05) is 12.4 Å². The molecule has 0 aliphatic heterocycles. The van der Waals surface area contributed by atoms with Crippen molar-refractivity contribution in [2.45, 2.75) is 13.0 Å². The normalized spacial score (nSPS) is 12.4. The molecule has 1 atom stereocenters. The maximum absolute atomic E-state index is 12.1. The Morgan fingerprint density at radius 1 is 1.56 bits per heavy atom. The monoisotopic (exact) mass is 282 g/mol. The van der Waals surface area contributed by atoms with Crippen molar-refractivity contribution in [1.82, 2.24) is 9.88 Å². The van der Waals surface area contributed by atoms with E-state index >= 15 is 0 Å². The van der Waals surface area contributed by atoms with Gasteiger partial charge in [0.15, 0.2) is 0 Å². The van der Waals surface area contributed by atoms with Crippen molar-refractivity contribution in [3.05, 3.63) is 28.6 Å². The smallest absolute Gasteiger partial charge is 0.273 e. The van der Waals surface area contributed by atoms with Crippen LogP contribution in [0.15, 0.2) is 22.9 Å². The molecule has 0 aromatic carbocycles. The molecule has 6 heteroatoms. The first kappa shape index (κ1) is 13.2. The zero-order valence-corrected chi connectivity index (χ0v) is 11.8. The summed E-state index contributed by atoms with van der Waals surface area (Å²) in [4.78, 5) is 19.0. The van der Waals surface area contributed by atoms with Gasteiger partial charge in [-0.05, 0) is 18.4 Å². The molecule has 2 aromatic heterocycles. The van der Waals surface area contributed by atoms with Crippen molar-refractivity contribution in [2.24, 2.45) is 0 Å². The third kappa shape index (κ3) is 2.60. The lowest BCUT2D eigenvalue weighted by Crippen LogP contribution is -2.37. The van der Waals surface area contributed by atoms with E-state index in [-0.39, 0.29) is 18.6 Å². The fourth-order valence-corrected chi connectivity index (χ4v) is 3.00. The number of aliphatic hydroxyl groups excluding tert-OH is 1. The van der Waals surface area contributed by atoms with Crippen LogP contribution in [0.4, 0.5) is 0 Å². The van der Waals surface area contributed by atoms with Crippen molar-refractivity contribution in [2.75, 3.05) is 13.7 Å². The highest BCUT2D eigenvalue weighted by Crippen LogP contribution is 2.28. The molecule has 4 nitrogen and oxygen atoms in total. The fraction of sp³-hybridized carbons (Fsp3) is 0.333. The Bertz CT molecular complexity index is 522. The van der Waals surface area contributed by atoms with E-state index in [0.29, 0.717) is 5.69 Å². The Kier molecular flexibility index (Phi) is 4.11. The maximum Gasteiger partial charge on any atom is 0.273 e. The topological polar surface area (TPSA) is 53.4 Å². The minimum Gasteiger partial charge on any atom is -0.394 e. The Morgan fingerprint density at radius 3 is 2.94 bits per heavy atom. The van der Waals surface area contributed by atoms with Crippen molar-refractivity contribution in [3.63, 3.8) is 0 Å². The van der Waals surface area contributed by atoms with Crippen LogP contribution in [-0.4, -0.2) is 40.6 Å². The highest BCUT2D eigenvalue weighted by atomic mass is 32.1. The van der Waals surface area contributed by atoms with E-state index in [1.54, 1.807) is 30.7 Å². The van der Waals surface area contributed by atoms with E-state index in [9.17, 15) is 4.79 Å². The minimum atomic E-state index is -0.204. The van der Waals surface area contributed by atoms with E-state index < -0.39 is 0 Å². The summed E-state index contributed by atoms with van der Waals surface area (Å²) in [5.41, 5.74) is 0.436. The van der Waals surface area contributed by atoms with Crippen molar-refractivity contribution >= 4 is 28.6 Å². The van der Waals surface area contributed by atoms with Crippen LogP contribution in [0.25, 0.3) is 9.88 Å². The molecule has 0 aliphatic rings. The second kappa shape index (κ2) is 5.60. The zero-order chi connectivity index (χ0) is 13.1. The molecule has 2 aromatic rings. The van der Waals surface area contributed by atoms with Gasteiger partial charge in [-0.25, -0.2) is 4.98 Å². The van der Waals surface area contributed by atoms with Gasteiger partial charge in [0.05, 0.1) is 17.5 Å². The van der Waals surface area contributed by atoms with Gasteiger partial charge in [0.2, 0.25) is 0 Å². The Labute approximate surface area is 114 Å². The SMILES string of the molecule is CC(CO)N(C)C(=O)c1csc(-c2cccs2)n1. The standard InChI is InChI=1S/C12H14N2O2S2/c1-8(6-15)14(2)12(16)9-7-18-11(13-9)10-4-3-5-17-10/h3-5,7-8,15H,6H2,1-2H3. The van der Waals surface area contributed by atoms with Crippen molar-refractivity contribution in [3.8, 4) is 9.88 Å². The van der Waals surface area contributed by atoms with Crippen LogP contribution in [0.5, 0.6) is 0 Å². The van der Waals surface area contributed by atoms with E-state index in [1.165, 1.54) is 16.2 Å². The summed E-state index contributed by atoms with van der Waals surface area (Å²) < 4.78 is 0. The molecule has 0 saturated heterocycles. The minimum absolute atomic E-state index is 0.0514. The number of likely N-dealkylation sites (N-methyl/N-ethyl adjacent to an activating group) is 1. The lowest BCUT2D eigenvalue weighted by atomic mass is 10.3. The highest BCUT2D eigenvalue weighted by Gasteiger charge is 2.19. The van der Waals surface area contributed by atoms with Gasteiger partial charge in [-0.1, -0.05) is 6.07 Å². The lowest BCUT2D eigenvalue weighted by Gasteiger charge is -2.21. The predicted molar refractivity (Wildman–Crippen MR) is 74.1 cm³/mol. The van der Waals surface area contributed by atoms with Crippen LogP contribution < -0.4 is 0 Å². The van der Waals surface area contributed by atoms with Crippen LogP contribution in [0.1, 0.15) is 17.4 Å². The highest BCUT2D eigenvalue weighted by molar-refractivity contribution is 7.20. The second-order valence-electron chi connectivity index (χ2n) is 3.96. The fourth-order valence-electron chi connectivity index (χ4n) is 1.39. The quantitative estimate of drug-likeness (QED) is 0.936. The average Bonchev–Trinajstić information content (AvgIpc) is 3.05. The average molecular weight is 282 g/mol. The number of hydrogen-bond donors (Lipinski definition) is 1. The number of thiazole rings is 1. The molecule has 1 unspecified atom stereocenters. The maximum atomic E-state index is 12.1. The van der Waals surface area contributed by atoms with E-state index in [2.05, 4.69) is 4.98 Å². The van der Waals surface area contributed by atoms with E-state index in [4.69, 9.17) is 5.11 Å². The summed E-state index contributed by atoms with van der Waals surface area (Å²) in [7, 11) is 1.67. The summed E-state index contributed by atoms with van der Waals surface area (Å²) in [5.74, 6) is -0.157. The Balaban J connectivity index is 2.18. The number of hydrogen-bond acceptors (Lipinski definition) is 5. The van der Waals surface area contributed by atoms with Gasteiger partial charge >= 0.3 is 0 Å². The summed E-state index contributed by atoms with van der Waals surface area (Å²) >= 11 is 3.06. The van der Waals surface area contributed by atoms with Crippen LogP contribution in [0.3, 0.4) is 0 Å². The molecular formula is C12H14N2O2S2. The second-order valence-corrected chi connectivity index (χ2v) is 5.77. The van der Waals surface area contributed by atoms with E-state index in [0.717, 1.165) is 9.88 Å². The van der Waals surface area contributed by atoms with Gasteiger partial charge in [-0.3, -0.25) is 4.79 Å².